The molecule has 0 aliphatic carbocycles. The van der Waals surface area contributed by atoms with Crippen molar-refractivity contribution in [1.82, 2.24) is 34.8 Å². The van der Waals surface area contributed by atoms with Crippen LogP contribution in [0.5, 0.6) is 0 Å². The van der Waals surface area contributed by atoms with Gasteiger partial charge in [-0.3, -0.25) is 14.6 Å². The zero-order valence-electron chi connectivity index (χ0n) is 17.5. The van der Waals surface area contributed by atoms with Crippen LogP contribution in [0.15, 0.2) is 11.3 Å². The number of nitrogens with zero attached hydrogens (tertiary/aromatic N) is 7. The number of aryl methyl sites for hydroxylation is 1. The van der Waals surface area contributed by atoms with Crippen molar-refractivity contribution in [2.24, 2.45) is 12.0 Å². The zero-order valence-corrected chi connectivity index (χ0v) is 17.5. The molecule has 2 aliphatic heterocycles. The molecule has 0 amide bonds. The molecule has 0 bridgehead atoms. The van der Waals surface area contributed by atoms with Crippen molar-refractivity contribution >= 4 is 5.96 Å². The maximum absolute atomic E-state index is 4.52. The fraction of sp³-hybridized carbons (Fsp3) is 0.842. The molecule has 152 valence electrons. The molecule has 8 heteroatoms. The minimum Gasteiger partial charge on any atom is -0.354 e. The van der Waals surface area contributed by atoms with E-state index in [0.29, 0.717) is 6.54 Å². The number of nitrogens with one attached hydrogen (secondary N) is 1. The molecule has 0 unspecified atom stereocenters. The largest absolute Gasteiger partial charge is 0.354 e. The van der Waals surface area contributed by atoms with Crippen LogP contribution in [0.1, 0.15) is 37.9 Å². The van der Waals surface area contributed by atoms with Crippen LogP contribution in [0, 0.1) is 0 Å². The van der Waals surface area contributed by atoms with Gasteiger partial charge in [-0.25, -0.2) is 4.98 Å². The fourth-order valence-electron chi connectivity index (χ4n) is 4.39. The summed E-state index contributed by atoms with van der Waals surface area (Å²) in [5.41, 5.74) is 0.245. The van der Waals surface area contributed by atoms with Gasteiger partial charge in [-0.05, 0) is 58.9 Å². The monoisotopic (exact) mass is 376 g/mol. The van der Waals surface area contributed by atoms with E-state index in [2.05, 4.69) is 49.2 Å². The lowest BCUT2D eigenvalue weighted by molar-refractivity contribution is 0.0170. The summed E-state index contributed by atoms with van der Waals surface area (Å²) in [7, 11) is 8.08. The Balaban J connectivity index is 1.65. The number of hydrogen-bond donors (Lipinski definition) is 1. The highest BCUT2D eigenvalue weighted by atomic mass is 15.4. The normalized spacial score (nSPS) is 22.0. The lowest BCUT2D eigenvalue weighted by Gasteiger charge is -2.50. The van der Waals surface area contributed by atoms with Crippen LogP contribution in [0.4, 0.5) is 0 Å². The minimum absolute atomic E-state index is 0.245. The Morgan fingerprint density at radius 1 is 1.19 bits per heavy atom. The highest BCUT2D eigenvalue weighted by molar-refractivity contribution is 5.79. The Morgan fingerprint density at radius 2 is 1.89 bits per heavy atom. The molecule has 1 aromatic heterocycles. The number of aliphatic imine (C=N–C) groups is 1. The molecule has 3 heterocycles. The molecule has 0 saturated carbocycles. The van der Waals surface area contributed by atoms with Crippen LogP contribution in [0.2, 0.25) is 0 Å². The third kappa shape index (κ3) is 4.79. The number of rotatable bonds is 5. The van der Waals surface area contributed by atoms with E-state index in [0.717, 1.165) is 18.3 Å². The maximum Gasteiger partial charge on any atom is 0.193 e. The Bertz CT molecular complexity index is 611. The second-order valence-corrected chi connectivity index (χ2v) is 8.13. The number of likely N-dealkylation sites (tertiary alicyclic amines) is 2. The number of aromatic nitrogens is 3. The third-order valence-corrected chi connectivity index (χ3v) is 6.28. The van der Waals surface area contributed by atoms with E-state index in [4.69, 9.17) is 0 Å². The van der Waals surface area contributed by atoms with Crippen molar-refractivity contribution in [2.45, 2.75) is 44.2 Å². The highest BCUT2D eigenvalue weighted by Gasteiger charge is 2.39. The standard InChI is InChI=1S/C19H36N8/c1-20-18(25(3)14-17-22-16-23-26(17)4)21-15-19(8-12-24(2)13-9-19)27-10-6-5-7-11-27/h16H,5-15H2,1-4H3,(H,20,21). The molecule has 3 rings (SSSR count). The molecule has 2 fully saturated rings. The Kier molecular flexibility index (Phi) is 6.70. The SMILES string of the molecule is CN=C(NCC1(N2CCCCC2)CCN(C)CC1)N(C)Cc1ncnn1C. The summed E-state index contributed by atoms with van der Waals surface area (Å²) in [6.45, 7) is 6.46. The third-order valence-electron chi connectivity index (χ3n) is 6.28. The zero-order chi connectivity index (χ0) is 19.3. The van der Waals surface area contributed by atoms with Gasteiger partial charge in [0, 0.05) is 33.2 Å². The van der Waals surface area contributed by atoms with Crippen molar-refractivity contribution in [2.75, 3.05) is 53.9 Å². The average molecular weight is 377 g/mol. The fourth-order valence-corrected chi connectivity index (χ4v) is 4.39. The van der Waals surface area contributed by atoms with Crippen molar-refractivity contribution < 1.29 is 0 Å². The van der Waals surface area contributed by atoms with Crippen molar-refractivity contribution in [1.29, 1.82) is 0 Å². The van der Waals surface area contributed by atoms with Crippen LogP contribution in [0.25, 0.3) is 0 Å². The summed E-state index contributed by atoms with van der Waals surface area (Å²) in [6.07, 6.45) is 8.09. The topological polar surface area (TPSA) is 64.8 Å². The predicted molar refractivity (Wildman–Crippen MR) is 109 cm³/mol. The summed E-state index contributed by atoms with van der Waals surface area (Å²) in [5.74, 6) is 1.86. The lowest BCUT2D eigenvalue weighted by atomic mass is 9.84. The van der Waals surface area contributed by atoms with Crippen molar-refractivity contribution in [3.63, 3.8) is 0 Å². The van der Waals surface area contributed by atoms with E-state index >= 15 is 0 Å². The quantitative estimate of drug-likeness (QED) is 0.605. The van der Waals surface area contributed by atoms with E-state index in [-0.39, 0.29) is 5.54 Å². The van der Waals surface area contributed by atoms with E-state index in [1.54, 1.807) is 6.33 Å². The predicted octanol–water partition coefficient (Wildman–Crippen LogP) is 0.773. The molecule has 27 heavy (non-hydrogen) atoms. The van der Waals surface area contributed by atoms with Crippen LogP contribution in [0.3, 0.4) is 0 Å². The van der Waals surface area contributed by atoms with Crippen LogP contribution in [-0.4, -0.2) is 94.8 Å². The Hall–Kier alpha value is -1.67. The second kappa shape index (κ2) is 9.01. The molecule has 2 saturated heterocycles. The summed E-state index contributed by atoms with van der Waals surface area (Å²) in [6, 6.07) is 0. The minimum atomic E-state index is 0.245. The van der Waals surface area contributed by atoms with Gasteiger partial charge in [0.25, 0.3) is 0 Å². The van der Waals surface area contributed by atoms with E-state index < -0.39 is 0 Å². The second-order valence-electron chi connectivity index (χ2n) is 8.13. The molecule has 0 spiro atoms. The molecule has 1 N–H and O–H groups in total. The summed E-state index contributed by atoms with van der Waals surface area (Å²) >= 11 is 0. The average Bonchev–Trinajstić information content (AvgIpc) is 3.09. The summed E-state index contributed by atoms with van der Waals surface area (Å²) in [4.78, 5) is 16.2. The van der Waals surface area contributed by atoms with Gasteiger partial charge in [0.05, 0.1) is 6.54 Å². The first-order valence-corrected chi connectivity index (χ1v) is 10.2. The molecular formula is C19H36N8. The molecular weight excluding hydrogens is 340 g/mol. The first kappa shape index (κ1) is 20.1. The molecule has 0 atom stereocenters. The molecule has 1 aromatic rings. The van der Waals surface area contributed by atoms with Gasteiger partial charge in [-0.15, -0.1) is 0 Å². The highest BCUT2D eigenvalue weighted by Crippen LogP contribution is 2.30. The van der Waals surface area contributed by atoms with Crippen LogP contribution in [-0.2, 0) is 13.6 Å². The molecule has 0 aromatic carbocycles. The molecule has 0 radical (unpaired) electrons. The van der Waals surface area contributed by atoms with Gasteiger partial charge >= 0.3 is 0 Å². The van der Waals surface area contributed by atoms with Gasteiger partial charge < -0.3 is 15.1 Å². The van der Waals surface area contributed by atoms with Gasteiger partial charge in [-0.2, -0.15) is 5.10 Å². The number of hydrogen-bond acceptors (Lipinski definition) is 5. The van der Waals surface area contributed by atoms with Gasteiger partial charge in [0.1, 0.15) is 12.2 Å². The van der Waals surface area contributed by atoms with Gasteiger partial charge in [-0.1, -0.05) is 6.42 Å². The molecule has 8 nitrogen and oxygen atoms in total. The van der Waals surface area contributed by atoms with E-state index in [9.17, 15) is 0 Å². The van der Waals surface area contributed by atoms with E-state index in [1.807, 2.05) is 18.8 Å². The van der Waals surface area contributed by atoms with Crippen LogP contribution >= 0.6 is 0 Å². The maximum atomic E-state index is 4.52. The summed E-state index contributed by atoms with van der Waals surface area (Å²) < 4.78 is 1.82. The number of guanidine groups is 1. The van der Waals surface area contributed by atoms with Crippen molar-refractivity contribution in [3.05, 3.63) is 12.2 Å². The summed E-state index contributed by atoms with van der Waals surface area (Å²) in [5, 5.41) is 7.84. The molecule has 2 aliphatic rings. The Labute approximate surface area is 163 Å². The van der Waals surface area contributed by atoms with Crippen LogP contribution < -0.4 is 5.32 Å². The van der Waals surface area contributed by atoms with Gasteiger partial charge in [0.2, 0.25) is 0 Å². The first-order chi connectivity index (χ1) is 13.0. The van der Waals surface area contributed by atoms with E-state index in [1.165, 1.54) is 58.3 Å². The smallest absolute Gasteiger partial charge is 0.193 e. The number of piperidine rings is 2. The Morgan fingerprint density at radius 3 is 2.48 bits per heavy atom. The first-order valence-electron chi connectivity index (χ1n) is 10.2. The van der Waals surface area contributed by atoms with Gasteiger partial charge in [0.15, 0.2) is 5.96 Å². The van der Waals surface area contributed by atoms with Crippen molar-refractivity contribution in [3.8, 4) is 0 Å². The lowest BCUT2D eigenvalue weighted by Crippen LogP contribution is -2.62.